The van der Waals surface area contributed by atoms with E-state index < -0.39 is 0 Å². The highest BCUT2D eigenvalue weighted by molar-refractivity contribution is 6.33. The fourth-order valence-corrected chi connectivity index (χ4v) is 3.17. The molecule has 1 aromatic carbocycles. The molecular formula is C17H28BN. The van der Waals surface area contributed by atoms with E-state index in [0.717, 1.165) is 5.92 Å². The van der Waals surface area contributed by atoms with Gasteiger partial charge in [0.1, 0.15) is 7.28 Å². The van der Waals surface area contributed by atoms with Crippen LogP contribution in [-0.2, 0) is 12.8 Å². The van der Waals surface area contributed by atoms with Gasteiger partial charge in [0.25, 0.3) is 0 Å². The van der Waals surface area contributed by atoms with Crippen molar-refractivity contribution in [1.29, 1.82) is 0 Å². The maximum atomic E-state index is 2.53. The van der Waals surface area contributed by atoms with E-state index in [0.29, 0.717) is 0 Å². The number of benzene rings is 1. The second-order valence-corrected chi connectivity index (χ2v) is 6.16. The molecule has 0 amide bonds. The molecule has 19 heavy (non-hydrogen) atoms. The SMILES string of the molecule is CBCCc1ccc(CC2CN(CC)C2)c(C)c1C. The van der Waals surface area contributed by atoms with E-state index in [4.69, 9.17) is 0 Å². The Balaban J connectivity index is 2.00. The highest BCUT2D eigenvalue weighted by Gasteiger charge is 2.25. The van der Waals surface area contributed by atoms with Crippen LogP contribution in [0.2, 0.25) is 13.1 Å². The lowest BCUT2D eigenvalue weighted by atomic mass is 9.75. The fourth-order valence-electron chi connectivity index (χ4n) is 3.17. The van der Waals surface area contributed by atoms with Crippen LogP contribution in [-0.4, -0.2) is 31.8 Å². The Kier molecular flexibility index (Phi) is 5.09. The molecule has 0 spiro atoms. The van der Waals surface area contributed by atoms with E-state index in [1.54, 1.807) is 16.7 Å². The van der Waals surface area contributed by atoms with Crippen molar-refractivity contribution in [3.8, 4) is 0 Å². The molecular weight excluding hydrogens is 229 g/mol. The van der Waals surface area contributed by atoms with Crippen LogP contribution >= 0.6 is 0 Å². The van der Waals surface area contributed by atoms with Crippen molar-refractivity contribution < 1.29 is 0 Å². The Morgan fingerprint density at radius 3 is 2.42 bits per heavy atom. The predicted molar refractivity (Wildman–Crippen MR) is 86.7 cm³/mol. The first-order valence-electron chi connectivity index (χ1n) is 7.96. The van der Waals surface area contributed by atoms with Crippen LogP contribution in [0.15, 0.2) is 12.1 Å². The van der Waals surface area contributed by atoms with Gasteiger partial charge in [0.2, 0.25) is 0 Å². The smallest absolute Gasteiger partial charge is 0.117 e. The first-order valence-corrected chi connectivity index (χ1v) is 7.96. The number of nitrogens with zero attached hydrogens (tertiary/aromatic N) is 1. The van der Waals surface area contributed by atoms with E-state index in [9.17, 15) is 0 Å². The molecule has 0 aliphatic carbocycles. The lowest BCUT2D eigenvalue weighted by Gasteiger charge is -2.39. The molecule has 2 rings (SSSR count). The third-order valence-corrected chi connectivity index (χ3v) is 4.80. The topological polar surface area (TPSA) is 3.24 Å². The maximum absolute atomic E-state index is 2.53. The number of aryl methyl sites for hydroxylation is 1. The Morgan fingerprint density at radius 2 is 1.79 bits per heavy atom. The Hall–Kier alpha value is -0.755. The summed E-state index contributed by atoms with van der Waals surface area (Å²) in [5, 5.41) is 0. The van der Waals surface area contributed by atoms with Gasteiger partial charge in [0.15, 0.2) is 0 Å². The lowest BCUT2D eigenvalue weighted by Crippen LogP contribution is -2.47. The van der Waals surface area contributed by atoms with Crippen molar-refractivity contribution >= 4 is 7.28 Å². The van der Waals surface area contributed by atoms with Crippen molar-refractivity contribution in [3.63, 3.8) is 0 Å². The highest BCUT2D eigenvalue weighted by atomic mass is 15.2. The van der Waals surface area contributed by atoms with Crippen LogP contribution in [0.5, 0.6) is 0 Å². The summed E-state index contributed by atoms with van der Waals surface area (Å²) in [6, 6.07) is 4.77. The van der Waals surface area contributed by atoms with Crippen LogP contribution in [0, 0.1) is 19.8 Å². The molecule has 2 heteroatoms. The summed E-state index contributed by atoms with van der Waals surface area (Å²) in [5.74, 6) is 0.888. The molecule has 1 saturated heterocycles. The van der Waals surface area contributed by atoms with Crippen LogP contribution in [0.25, 0.3) is 0 Å². The number of rotatable bonds is 6. The molecule has 1 aromatic rings. The monoisotopic (exact) mass is 257 g/mol. The van der Waals surface area contributed by atoms with E-state index in [1.165, 1.54) is 51.6 Å². The van der Waals surface area contributed by atoms with Crippen LogP contribution in [0.4, 0.5) is 0 Å². The average Bonchev–Trinajstić information content (AvgIpc) is 2.37. The molecule has 0 aromatic heterocycles. The first-order chi connectivity index (χ1) is 9.15. The second kappa shape index (κ2) is 6.61. The molecule has 0 saturated carbocycles. The summed E-state index contributed by atoms with van der Waals surface area (Å²) in [6.45, 7) is 13.0. The third kappa shape index (κ3) is 3.42. The zero-order chi connectivity index (χ0) is 13.8. The Labute approximate surface area is 119 Å². The van der Waals surface area contributed by atoms with Gasteiger partial charge in [-0.15, -0.1) is 0 Å². The molecule has 0 unspecified atom stereocenters. The van der Waals surface area contributed by atoms with Crippen molar-refractivity contribution in [2.75, 3.05) is 19.6 Å². The lowest BCUT2D eigenvalue weighted by molar-refractivity contribution is 0.108. The minimum atomic E-state index is 0.888. The summed E-state index contributed by atoms with van der Waals surface area (Å²) in [6.07, 6.45) is 3.83. The maximum Gasteiger partial charge on any atom is 0.117 e. The molecule has 1 nitrogen and oxygen atoms in total. The molecule has 0 atom stereocenters. The van der Waals surface area contributed by atoms with Gasteiger partial charge in [0, 0.05) is 13.1 Å². The van der Waals surface area contributed by atoms with Crippen molar-refractivity contribution in [2.24, 2.45) is 5.92 Å². The summed E-state index contributed by atoms with van der Waals surface area (Å²) < 4.78 is 0. The zero-order valence-electron chi connectivity index (χ0n) is 13.1. The minimum absolute atomic E-state index is 0.888. The third-order valence-electron chi connectivity index (χ3n) is 4.80. The van der Waals surface area contributed by atoms with Gasteiger partial charge in [0.05, 0.1) is 0 Å². The van der Waals surface area contributed by atoms with Gasteiger partial charge >= 0.3 is 0 Å². The fraction of sp³-hybridized carbons (Fsp3) is 0.647. The summed E-state index contributed by atoms with van der Waals surface area (Å²) in [5.41, 5.74) is 6.23. The first kappa shape index (κ1) is 14.6. The molecule has 1 heterocycles. The summed E-state index contributed by atoms with van der Waals surface area (Å²) >= 11 is 0. The van der Waals surface area contributed by atoms with Crippen molar-refractivity contribution in [2.45, 2.75) is 46.8 Å². The van der Waals surface area contributed by atoms with Crippen LogP contribution in [0.3, 0.4) is 0 Å². The van der Waals surface area contributed by atoms with Crippen molar-refractivity contribution in [1.82, 2.24) is 4.90 Å². The normalized spacial score (nSPS) is 16.4. The predicted octanol–water partition coefficient (Wildman–Crippen LogP) is 3.24. The van der Waals surface area contributed by atoms with Crippen LogP contribution < -0.4 is 0 Å². The van der Waals surface area contributed by atoms with E-state index in [-0.39, 0.29) is 0 Å². The molecule has 0 N–H and O–H groups in total. The molecule has 0 bridgehead atoms. The molecule has 0 radical (unpaired) electrons. The van der Waals surface area contributed by atoms with Gasteiger partial charge < -0.3 is 4.90 Å². The summed E-state index contributed by atoms with van der Waals surface area (Å²) in [7, 11) is 1.29. The average molecular weight is 257 g/mol. The quantitative estimate of drug-likeness (QED) is 0.707. The van der Waals surface area contributed by atoms with Gasteiger partial charge in [-0.05, 0) is 61.4 Å². The van der Waals surface area contributed by atoms with Crippen LogP contribution in [0.1, 0.15) is 29.2 Å². The standard InChI is InChI=1S/C17H28BN/c1-5-19-11-15(12-19)10-17-7-6-16(8-9-18-4)13(2)14(17)3/h6-7,15,18H,5,8-12H2,1-4H3. The second-order valence-electron chi connectivity index (χ2n) is 6.16. The molecule has 1 aliphatic rings. The van der Waals surface area contributed by atoms with E-state index in [1.807, 2.05) is 0 Å². The van der Waals surface area contributed by atoms with Gasteiger partial charge in [-0.25, -0.2) is 0 Å². The van der Waals surface area contributed by atoms with Gasteiger partial charge in [-0.2, -0.15) is 0 Å². The number of hydrogen-bond donors (Lipinski definition) is 0. The molecule has 1 fully saturated rings. The van der Waals surface area contributed by atoms with Crippen molar-refractivity contribution in [3.05, 3.63) is 34.4 Å². The Morgan fingerprint density at radius 1 is 1.16 bits per heavy atom. The van der Waals surface area contributed by atoms with Gasteiger partial charge in [-0.3, -0.25) is 0 Å². The largest absolute Gasteiger partial charge is 0.303 e. The van der Waals surface area contributed by atoms with E-state index >= 15 is 0 Å². The summed E-state index contributed by atoms with van der Waals surface area (Å²) in [4.78, 5) is 2.53. The van der Waals surface area contributed by atoms with E-state index in [2.05, 4.69) is 44.6 Å². The molecule has 1 aliphatic heterocycles. The van der Waals surface area contributed by atoms with Gasteiger partial charge in [-0.1, -0.05) is 32.2 Å². The zero-order valence-corrected chi connectivity index (χ0v) is 13.1. The number of likely N-dealkylation sites (tertiary alicyclic amines) is 1. The number of hydrogen-bond acceptors (Lipinski definition) is 1. The minimum Gasteiger partial charge on any atom is -0.303 e. The molecule has 104 valence electrons. The Bertz CT molecular complexity index is 422. The highest BCUT2D eigenvalue weighted by Crippen LogP contribution is 2.25.